The maximum atomic E-state index is 14.2. The second-order valence-electron chi connectivity index (χ2n) is 15.4. The van der Waals surface area contributed by atoms with E-state index >= 15 is 0 Å². The zero-order valence-electron chi connectivity index (χ0n) is 31.6. The summed E-state index contributed by atoms with van der Waals surface area (Å²) in [6, 6.07) is 28.6. The molecule has 0 fully saturated rings. The Balaban J connectivity index is 1.32. The molecule has 9 rings (SSSR count). The molecule has 0 saturated carbocycles. The van der Waals surface area contributed by atoms with Gasteiger partial charge in [0.05, 0.1) is 13.2 Å². The van der Waals surface area contributed by atoms with Crippen molar-refractivity contribution in [1.82, 2.24) is 0 Å². The van der Waals surface area contributed by atoms with E-state index in [0.717, 1.165) is 125 Å². The standard InChI is InChI=1S/C50H48O4/c1-3-5-7-9-11-17-27-53-41-29-39-31-19-13-15-21-35(31)49(51)37-25-23-33-34-24-26-38-44-40(32-20-14-16-22-36(32)50(38)52)30-42(54-28-18-12-10-8-6-4-2)48(46(34)44)47(41)45(33)43(37)39/h13-16,19-26,29-30H,3-12,17-18,27-28H2,1-2H3. The van der Waals surface area contributed by atoms with Crippen molar-refractivity contribution < 1.29 is 19.1 Å². The second kappa shape index (κ2) is 14.5. The van der Waals surface area contributed by atoms with Gasteiger partial charge in [0.25, 0.3) is 0 Å². The monoisotopic (exact) mass is 712 g/mol. The summed E-state index contributed by atoms with van der Waals surface area (Å²) in [4.78, 5) is 28.4. The Morgan fingerprint density at radius 3 is 1.19 bits per heavy atom. The number of carbonyl (C=O) groups is 2. The van der Waals surface area contributed by atoms with Gasteiger partial charge in [-0.25, -0.2) is 0 Å². The van der Waals surface area contributed by atoms with Gasteiger partial charge in [0, 0.05) is 54.6 Å². The maximum Gasteiger partial charge on any atom is 0.194 e. The SMILES string of the molecule is CCCCCCCCOc1cc2c3c(ccc4c5ccc6c7c(cc(OCCCCCCCC)c(c1c34)c75)-c1ccccc1C6=O)C(=O)c1ccccc1-2. The first-order chi connectivity index (χ1) is 26.6. The van der Waals surface area contributed by atoms with Crippen LogP contribution in [0.1, 0.15) is 123 Å². The Morgan fingerprint density at radius 1 is 0.370 bits per heavy atom. The lowest BCUT2D eigenvalue weighted by Crippen LogP contribution is -2.12. The highest BCUT2D eigenvalue weighted by atomic mass is 16.5. The van der Waals surface area contributed by atoms with Crippen LogP contribution in [0.4, 0.5) is 0 Å². The Bertz CT molecular complexity index is 2400. The predicted octanol–water partition coefficient (Wildman–Crippen LogP) is 13.6. The minimum absolute atomic E-state index is 0.0501. The van der Waals surface area contributed by atoms with Crippen LogP contribution in [-0.4, -0.2) is 24.8 Å². The molecule has 7 aromatic carbocycles. The average Bonchev–Trinajstić information content (AvgIpc) is 3.21. The van der Waals surface area contributed by atoms with Crippen LogP contribution in [0.25, 0.3) is 65.3 Å². The van der Waals surface area contributed by atoms with E-state index in [4.69, 9.17) is 9.47 Å². The summed E-state index contributed by atoms with van der Waals surface area (Å²) in [5, 5.41) is 8.09. The number of hydrogen-bond donors (Lipinski definition) is 0. The van der Waals surface area contributed by atoms with Crippen molar-refractivity contribution in [2.24, 2.45) is 0 Å². The second-order valence-corrected chi connectivity index (χ2v) is 15.4. The average molecular weight is 713 g/mol. The molecule has 4 heteroatoms. The number of rotatable bonds is 16. The van der Waals surface area contributed by atoms with E-state index in [0.29, 0.717) is 13.2 Å². The van der Waals surface area contributed by atoms with Gasteiger partial charge < -0.3 is 9.47 Å². The van der Waals surface area contributed by atoms with E-state index in [9.17, 15) is 9.59 Å². The Hall–Kier alpha value is -5.22. The van der Waals surface area contributed by atoms with Crippen LogP contribution in [0.15, 0.2) is 84.9 Å². The first kappa shape index (κ1) is 34.5. The van der Waals surface area contributed by atoms with Gasteiger partial charge in [-0.1, -0.05) is 139 Å². The largest absolute Gasteiger partial charge is 0.493 e. The molecule has 272 valence electrons. The van der Waals surface area contributed by atoms with Gasteiger partial charge in [0.1, 0.15) is 11.5 Å². The molecular weight excluding hydrogens is 665 g/mol. The molecule has 0 unspecified atom stereocenters. The molecule has 0 spiro atoms. The van der Waals surface area contributed by atoms with Crippen molar-refractivity contribution in [3.63, 3.8) is 0 Å². The molecule has 0 atom stereocenters. The summed E-state index contributed by atoms with van der Waals surface area (Å²) in [6.07, 6.45) is 14.1. The lowest BCUT2D eigenvalue weighted by molar-refractivity contribution is 0.103. The summed E-state index contributed by atoms with van der Waals surface area (Å²) < 4.78 is 13.9. The van der Waals surface area contributed by atoms with Gasteiger partial charge in [-0.15, -0.1) is 0 Å². The minimum atomic E-state index is 0.0501. The quantitative estimate of drug-likeness (QED) is 0.0568. The summed E-state index contributed by atoms with van der Waals surface area (Å²) in [5.74, 6) is 1.72. The molecule has 2 aliphatic rings. The van der Waals surface area contributed by atoms with E-state index in [-0.39, 0.29) is 11.6 Å². The van der Waals surface area contributed by atoms with Crippen LogP contribution in [0.2, 0.25) is 0 Å². The van der Waals surface area contributed by atoms with Gasteiger partial charge in [-0.2, -0.15) is 0 Å². The highest BCUT2D eigenvalue weighted by Gasteiger charge is 2.33. The molecular formula is C50H48O4. The first-order valence-corrected chi connectivity index (χ1v) is 20.4. The van der Waals surface area contributed by atoms with Crippen molar-refractivity contribution in [3.8, 4) is 33.8 Å². The number of ketones is 2. The third-order valence-electron chi connectivity index (χ3n) is 12.0. The Morgan fingerprint density at radius 2 is 0.759 bits per heavy atom. The van der Waals surface area contributed by atoms with Gasteiger partial charge in [-0.05, 0) is 70.1 Å². The van der Waals surface area contributed by atoms with Gasteiger partial charge in [0.2, 0.25) is 0 Å². The molecule has 0 N–H and O–H groups in total. The molecule has 0 heterocycles. The molecule has 0 bridgehead atoms. The predicted molar refractivity (Wildman–Crippen MR) is 223 cm³/mol. The van der Waals surface area contributed by atoms with Crippen LogP contribution >= 0.6 is 0 Å². The number of unbranched alkanes of at least 4 members (excludes halogenated alkanes) is 10. The number of ether oxygens (including phenoxy) is 2. The van der Waals surface area contributed by atoms with Gasteiger partial charge >= 0.3 is 0 Å². The van der Waals surface area contributed by atoms with Crippen molar-refractivity contribution in [2.45, 2.75) is 90.9 Å². The van der Waals surface area contributed by atoms with E-state index in [2.05, 4.69) is 50.2 Å². The topological polar surface area (TPSA) is 52.6 Å². The van der Waals surface area contributed by atoms with Crippen LogP contribution in [0.5, 0.6) is 11.5 Å². The summed E-state index contributed by atoms with van der Waals surface area (Å²) in [6.45, 7) is 5.71. The van der Waals surface area contributed by atoms with Crippen LogP contribution < -0.4 is 9.47 Å². The molecule has 0 aliphatic heterocycles. The van der Waals surface area contributed by atoms with E-state index in [1.165, 1.54) is 51.4 Å². The highest BCUT2D eigenvalue weighted by Crippen LogP contribution is 2.55. The van der Waals surface area contributed by atoms with Crippen molar-refractivity contribution in [3.05, 3.63) is 107 Å². The van der Waals surface area contributed by atoms with Gasteiger partial charge in [-0.3, -0.25) is 9.59 Å². The zero-order chi connectivity index (χ0) is 36.8. The molecule has 7 aromatic rings. The molecule has 2 aliphatic carbocycles. The lowest BCUT2D eigenvalue weighted by atomic mass is 9.76. The fourth-order valence-electron chi connectivity index (χ4n) is 9.31. The van der Waals surface area contributed by atoms with Crippen molar-refractivity contribution >= 4 is 54.7 Å². The minimum Gasteiger partial charge on any atom is -0.493 e. The number of carbonyl (C=O) groups excluding carboxylic acids is 2. The van der Waals surface area contributed by atoms with Crippen molar-refractivity contribution in [2.75, 3.05) is 13.2 Å². The zero-order valence-corrected chi connectivity index (χ0v) is 31.6. The van der Waals surface area contributed by atoms with Crippen LogP contribution in [0, 0.1) is 0 Å². The van der Waals surface area contributed by atoms with Gasteiger partial charge in [0.15, 0.2) is 11.6 Å². The maximum absolute atomic E-state index is 14.2. The fraction of sp³-hybridized carbons (Fsp3) is 0.320. The molecule has 54 heavy (non-hydrogen) atoms. The molecule has 0 amide bonds. The van der Waals surface area contributed by atoms with Crippen LogP contribution in [0.3, 0.4) is 0 Å². The smallest absolute Gasteiger partial charge is 0.194 e. The summed E-state index contributed by atoms with van der Waals surface area (Å²) in [5.41, 5.74) is 6.85. The highest BCUT2D eigenvalue weighted by molar-refractivity contribution is 6.43. The Kier molecular flexibility index (Phi) is 9.31. The third-order valence-corrected chi connectivity index (χ3v) is 12.0. The van der Waals surface area contributed by atoms with E-state index in [1.807, 2.05) is 48.5 Å². The Labute approximate surface area is 317 Å². The summed E-state index contributed by atoms with van der Waals surface area (Å²) in [7, 11) is 0. The molecule has 0 saturated heterocycles. The van der Waals surface area contributed by atoms with Crippen LogP contribution in [-0.2, 0) is 0 Å². The molecule has 0 aromatic heterocycles. The molecule has 0 radical (unpaired) electrons. The number of benzene rings is 7. The number of fused-ring (bicyclic) bond motifs is 6. The number of hydrogen-bond acceptors (Lipinski definition) is 4. The molecule has 4 nitrogen and oxygen atoms in total. The lowest BCUT2D eigenvalue weighted by Gasteiger charge is -2.28. The normalized spacial score (nSPS) is 13.0. The van der Waals surface area contributed by atoms with Crippen molar-refractivity contribution in [1.29, 1.82) is 0 Å². The van der Waals surface area contributed by atoms with E-state index < -0.39 is 0 Å². The third kappa shape index (κ3) is 5.56. The first-order valence-electron chi connectivity index (χ1n) is 20.4. The fourth-order valence-corrected chi connectivity index (χ4v) is 9.31. The van der Waals surface area contributed by atoms with E-state index in [1.54, 1.807) is 0 Å². The summed E-state index contributed by atoms with van der Waals surface area (Å²) >= 11 is 0.